The molecule has 0 unspecified atom stereocenters. The van der Waals surface area contributed by atoms with Crippen LogP contribution < -0.4 is 5.32 Å². The van der Waals surface area contributed by atoms with E-state index in [1.165, 1.54) is 0 Å². The molecule has 7 heteroatoms. The first-order chi connectivity index (χ1) is 13.3. The van der Waals surface area contributed by atoms with Crippen LogP contribution in [0.2, 0.25) is 5.02 Å². The van der Waals surface area contributed by atoms with E-state index in [-0.39, 0.29) is 36.0 Å². The van der Waals surface area contributed by atoms with Gasteiger partial charge in [-0.15, -0.1) is 0 Å². The van der Waals surface area contributed by atoms with Gasteiger partial charge < -0.3 is 10.2 Å². The van der Waals surface area contributed by atoms with Crippen molar-refractivity contribution in [3.63, 3.8) is 0 Å². The Balaban J connectivity index is 1.68. The molecule has 0 aromatic heterocycles. The summed E-state index contributed by atoms with van der Waals surface area (Å²) in [7, 11) is -3.07. The molecule has 0 aliphatic carbocycles. The molecule has 0 radical (unpaired) electrons. The Bertz CT molecular complexity index is 901. The summed E-state index contributed by atoms with van der Waals surface area (Å²) in [6.45, 7) is 2.54. The van der Waals surface area contributed by atoms with E-state index in [0.29, 0.717) is 18.0 Å². The lowest BCUT2D eigenvalue weighted by molar-refractivity contribution is -0.132. The minimum Gasteiger partial charge on any atom is -0.333 e. The smallest absolute Gasteiger partial charge is 0.237 e. The zero-order valence-corrected chi connectivity index (χ0v) is 17.4. The molecule has 0 spiro atoms. The fourth-order valence-electron chi connectivity index (χ4n) is 3.43. The number of hydrogen-bond acceptors (Lipinski definition) is 4. The predicted octanol–water partition coefficient (Wildman–Crippen LogP) is 3.21. The molecule has 2 aromatic carbocycles. The normalized spacial score (nSPS) is 19.3. The van der Waals surface area contributed by atoms with Crippen LogP contribution in [0.5, 0.6) is 0 Å². The molecule has 0 bridgehead atoms. The first-order valence-electron chi connectivity index (χ1n) is 9.37. The maximum absolute atomic E-state index is 13.0. The van der Waals surface area contributed by atoms with Crippen LogP contribution in [0.15, 0.2) is 54.6 Å². The lowest BCUT2D eigenvalue weighted by Gasteiger charge is -2.29. The van der Waals surface area contributed by atoms with Crippen molar-refractivity contribution in [3.8, 4) is 0 Å². The molecular formula is C21H25ClN2O3S. The Labute approximate surface area is 171 Å². The minimum atomic E-state index is -3.07. The van der Waals surface area contributed by atoms with Crippen molar-refractivity contribution in [1.82, 2.24) is 10.2 Å². The van der Waals surface area contributed by atoms with Gasteiger partial charge in [0.1, 0.15) is 0 Å². The van der Waals surface area contributed by atoms with Crippen molar-refractivity contribution in [3.05, 3.63) is 70.7 Å². The summed E-state index contributed by atoms with van der Waals surface area (Å²) in [6.07, 6.45) is 0.494. The largest absolute Gasteiger partial charge is 0.333 e. The summed E-state index contributed by atoms with van der Waals surface area (Å²) in [5, 5.41) is 3.91. The van der Waals surface area contributed by atoms with E-state index in [4.69, 9.17) is 11.6 Å². The molecule has 1 heterocycles. The Morgan fingerprint density at radius 2 is 1.86 bits per heavy atom. The van der Waals surface area contributed by atoms with E-state index in [2.05, 4.69) is 5.32 Å². The number of carbonyl (C=O) groups is 1. The van der Waals surface area contributed by atoms with Gasteiger partial charge in [-0.3, -0.25) is 4.79 Å². The van der Waals surface area contributed by atoms with Crippen LogP contribution in [0.4, 0.5) is 0 Å². The van der Waals surface area contributed by atoms with Crippen molar-refractivity contribution in [2.45, 2.75) is 32.0 Å². The standard InChI is InChI=1S/C21H25ClN2O3S/c1-16(18-7-9-19(22)10-8-18)23-13-21(25)24(14-17-5-3-2-4-6-17)20-11-12-28(26,27)15-20/h2-10,16,20,23H,11-15H2,1H3/t16-,20-/m0/s1. The van der Waals surface area contributed by atoms with E-state index in [1.54, 1.807) is 4.90 Å². The second-order valence-electron chi connectivity index (χ2n) is 7.22. The van der Waals surface area contributed by atoms with Crippen LogP contribution >= 0.6 is 11.6 Å². The highest BCUT2D eigenvalue weighted by Crippen LogP contribution is 2.21. The summed E-state index contributed by atoms with van der Waals surface area (Å²) >= 11 is 5.93. The number of amides is 1. The second-order valence-corrected chi connectivity index (χ2v) is 9.88. The summed E-state index contributed by atoms with van der Waals surface area (Å²) in [4.78, 5) is 14.7. The topological polar surface area (TPSA) is 66.5 Å². The predicted molar refractivity (Wildman–Crippen MR) is 112 cm³/mol. The molecule has 1 saturated heterocycles. The zero-order valence-electron chi connectivity index (χ0n) is 15.8. The Hall–Kier alpha value is -1.89. The number of nitrogens with one attached hydrogen (secondary N) is 1. The van der Waals surface area contributed by atoms with Crippen molar-refractivity contribution in [2.24, 2.45) is 0 Å². The number of benzene rings is 2. The van der Waals surface area contributed by atoms with E-state index in [0.717, 1.165) is 11.1 Å². The van der Waals surface area contributed by atoms with E-state index in [9.17, 15) is 13.2 Å². The highest BCUT2D eigenvalue weighted by molar-refractivity contribution is 7.91. The number of hydrogen-bond donors (Lipinski definition) is 1. The highest BCUT2D eigenvalue weighted by Gasteiger charge is 2.34. The third-order valence-corrected chi connectivity index (χ3v) is 7.10. The third kappa shape index (κ3) is 5.56. The summed E-state index contributed by atoms with van der Waals surface area (Å²) in [6, 6.07) is 16.9. The van der Waals surface area contributed by atoms with E-state index in [1.807, 2.05) is 61.5 Å². The molecule has 5 nitrogen and oxygen atoms in total. The lowest BCUT2D eigenvalue weighted by atomic mass is 10.1. The number of sulfone groups is 1. The molecule has 3 rings (SSSR count). The monoisotopic (exact) mass is 420 g/mol. The van der Waals surface area contributed by atoms with Gasteiger partial charge in [0, 0.05) is 23.7 Å². The van der Waals surface area contributed by atoms with Gasteiger partial charge in [0.25, 0.3) is 0 Å². The number of nitrogens with zero attached hydrogens (tertiary/aromatic N) is 1. The molecule has 2 atom stereocenters. The number of carbonyl (C=O) groups excluding carboxylic acids is 1. The van der Waals surface area contributed by atoms with Crippen molar-refractivity contribution < 1.29 is 13.2 Å². The van der Waals surface area contributed by atoms with Gasteiger partial charge in [0.2, 0.25) is 5.91 Å². The van der Waals surface area contributed by atoms with Crippen molar-refractivity contribution in [1.29, 1.82) is 0 Å². The van der Waals surface area contributed by atoms with E-state index < -0.39 is 9.84 Å². The summed E-state index contributed by atoms with van der Waals surface area (Å²) < 4.78 is 23.9. The molecule has 1 fully saturated rings. The number of halogens is 1. The van der Waals surface area contributed by atoms with Gasteiger partial charge in [0.15, 0.2) is 9.84 Å². The molecule has 150 valence electrons. The van der Waals surface area contributed by atoms with Gasteiger partial charge in [-0.1, -0.05) is 54.1 Å². The van der Waals surface area contributed by atoms with Crippen LogP contribution in [-0.4, -0.2) is 43.3 Å². The van der Waals surface area contributed by atoms with Gasteiger partial charge in [0.05, 0.1) is 18.1 Å². The maximum Gasteiger partial charge on any atom is 0.237 e. The van der Waals surface area contributed by atoms with Gasteiger partial charge in [-0.2, -0.15) is 0 Å². The summed E-state index contributed by atoms with van der Waals surface area (Å²) in [5.41, 5.74) is 2.03. The summed E-state index contributed by atoms with van der Waals surface area (Å²) in [5.74, 6) is 0.0927. The minimum absolute atomic E-state index is 0.0212. The highest BCUT2D eigenvalue weighted by atomic mass is 35.5. The second kappa shape index (κ2) is 9.07. The third-order valence-electron chi connectivity index (χ3n) is 5.09. The molecular weight excluding hydrogens is 396 g/mol. The molecule has 2 aromatic rings. The molecule has 1 aliphatic rings. The van der Waals surface area contributed by atoms with Crippen LogP contribution in [-0.2, 0) is 21.2 Å². The van der Waals surface area contributed by atoms with E-state index >= 15 is 0 Å². The quantitative estimate of drug-likeness (QED) is 0.746. The Kier molecular flexibility index (Phi) is 6.75. The van der Waals surface area contributed by atoms with Crippen LogP contribution in [0.25, 0.3) is 0 Å². The molecule has 1 aliphatic heterocycles. The zero-order chi connectivity index (χ0) is 20.1. The van der Waals surface area contributed by atoms with Crippen molar-refractivity contribution in [2.75, 3.05) is 18.1 Å². The first kappa shape index (κ1) is 20.8. The Morgan fingerprint density at radius 1 is 1.18 bits per heavy atom. The van der Waals surface area contributed by atoms with Gasteiger partial charge in [-0.25, -0.2) is 8.42 Å². The first-order valence-corrected chi connectivity index (χ1v) is 11.6. The Morgan fingerprint density at radius 3 is 2.46 bits per heavy atom. The SMILES string of the molecule is C[C@H](NCC(=O)N(Cc1ccccc1)[C@H]1CCS(=O)(=O)C1)c1ccc(Cl)cc1. The van der Waals surface area contributed by atoms with Gasteiger partial charge >= 0.3 is 0 Å². The lowest BCUT2D eigenvalue weighted by Crippen LogP contribution is -2.45. The average Bonchev–Trinajstić information content (AvgIpc) is 3.04. The molecule has 1 amide bonds. The van der Waals surface area contributed by atoms with Crippen LogP contribution in [0.1, 0.15) is 30.5 Å². The van der Waals surface area contributed by atoms with Crippen LogP contribution in [0.3, 0.4) is 0 Å². The fourth-order valence-corrected chi connectivity index (χ4v) is 5.29. The molecule has 0 saturated carbocycles. The molecule has 1 N–H and O–H groups in total. The number of rotatable bonds is 7. The fraction of sp³-hybridized carbons (Fsp3) is 0.381. The molecule has 28 heavy (non-hydrogen) atoms. The maximum atomic E-state index is 13.0. The van der Waals surface area contributed by atoms with Gasteiger partial charge in [-0.05, 0) is 36.6 Å². The van der Waals surface area contributed by atoms with Crippen molar-refractivity contribution >= 4 is 27.3 Å². The average molecular weight is 421 g/mol. The van der Waals surface area contributed by atoms with Crippen LogP contribution in [0, 0.1) is 0 Å².